The molecule has 4 aliphatic heterocycles. The van der Waals surface area contributed by atoms with Crippen LogP contribution < -0.4 is 42.5 Å². The van der Waals surface area contributed by atoms with Gasteiger partial charge in [-0.2, -0.15) is 0 Å². The lowest BCUT2D eigenvalue weighted by Gasteiger charge is -2.61. The Hall–Kier alpha value is -11.6. The minimum absolute atomic E-state index is 0.0188. The second kappa shape index (κ2) is 38.3. The van der Waals surface area contributed by atoms with Crippen LogP contribution in [-0.2, 0) is 21.1 Å². The van der Waals surface area contributed by atoms with Crippen molar-refractivity contribution < 1.29 is 70.4 Å². The number of amides is 8. The van der Waals surface area contributed by atoms with Gasteiger partial charge in [0.15, 0.2) is 9.84 Å². The standard InChI is InChI=1S/C32H35FN4O3.C30H33FN4O4S.C28H35FN4O2.C27H33FN4O2/c1-18(38)9-19-5-7-23(8-6-19)35-31(40)36-30-21-10-20-11-22(30)15-32(13-20,14-21)28(39)12-26-29-24(3-2-4-25(29)33)27-16-34-17-37(26)27;1-40(38,39)21-7-5-20(6-8-21)33-29(37)34-28-18-9-17-10-19(28)14-30(12-17,13-18)26(36)11-24-27-22(3-2-4-23(27)31)25-15-32-16-35(24)25;29-21-6-2-5-20-23-14-30-15-33(23)22(25(20)21)9-24(34)28-10-17-7-18(11-28)26(19(8-17)12-28)32-27(35)31-13-16-3-1-4-16;28-20-3-1-2-19-22-13-29-14-32(22)21(24(19)20)8-23(33)27-9-16-6-17(10-27)25(18(7-16)11-27)31-26(34)30-12-15-4-5-15/h2-8,16-17,20-22,26,28,30,39H,9-15H2,1H3,(H2,35,36,40);2-8,15-19,24,26,28,36H,9-14H2,1H3,(H2,33,34,37);2,5-6,14-19,22,24,26,34H,1,3-4,7-13H2,(H2,31,32,35);1-3,13-18,21,23,25,33H,4-12H2,(H2,30,31,34). The Bertz CT molecular complexity index is 6880. The average molecular weight is 2050 g/mol. The van der Waals surface area contributed by atoms with Crippen LogP contribution in [0.2, 0.25) is 0 Å². The molecule has 8 amide bonds. The number of benzene rings is 6. The molecule has 18 fully saturated rings. The van der Waals surface area contributed by atoms with E-state index in [1.165, 1.54) is 68.5 Å². The number of aliphatic hydroxyl groups excluding tert-OH is 4. The van der Waals surface area contributed by atoms with Crippen LogP contribution in [0.3, 0.4) is 0 Å². The molecule has 0 saturated heterocycles. The molecule has 18 aliphatic carbocycles. The van der Waals surface area contributed by atoms with Crippen LogP contribution in [0.1, 0.15) is 245 Å². The number of Topliss-reactive ketones (excluding diaryl/α,β-unsaturated/α-hetero) is 1. The summed E-state index contributed by atoms with van der Waals surface area (Å²) in [5, 5.41) is 72.2. The van der Waals surface area contributed by atoms with Gasteiger partial charge in [-0.25, -0.2) is 65.1 Å². The number of hydrogen-bond donors (Lipinski definition) is 12. The van der Waals surface area contributed by atoms with Gasteiger partial charge in [0.1, 0.15) is 29.1 Å². The van der Waals surface area contributed by atoms with Crippen LogP contribution >= 0.6 is 0 Å². The number of sulfone groups is 1. The second-order valence-corrected chi connectivity index (χ2v) is 51.1. The van der Waals surface area contributed by atoms with Gasteiger partial charge in [0, 0.05) is 106 Å². The first-order chi connectivity index (χ1) is 71.9. The Morgan fingerprint density at radius 3 is 0.893 bits per heavy atom. The first kappa shape index (κ1) is 98.2. The van der Waals surface area contributed by atoms with Crippen molar-refractivity contribution in [2.75, 3.05) is 30.0 Å². The lowest BCUT2D eigenvalue weighted by atomic mass is 9.46. The molecule has 16 atom stereocenters. The summed E-state index contributed by atoms with van der Waals surface area (Å²) in [5.41, 5.74) is 11.3. The molecule has 784 valence electrons. The molecule has 22 aliphatic rings. The number of rotatable bonds is 25. The Kier molecular flexibility index (Phi) is 25.3. The molecule has 32 heteroatoms. The van der Waals surface area contributed by atoms with E-state index in [0.717, 1.165) is 198 Å². The number of nitrogens with one attached hydrogen (secondary N) is 8. The van der Waals surface area contributed by atoms with Crippen LogP contribution in [0.5, 0.6) is 0 Å². The molecule has 0 radical (unpaired) electrons. The molecule has 16 bridgehead atoms. The van der Waals surface area contributed by atoms with Crippen molar-refractivity contribution in [3.05, 3.63) is 223 Å². The molecule has 0 spiro atoms. The third-order valence-corrected chi connectivity index (χ3v) is 41.1. The van der Waals surface area contributed by atoms with E-state index in [-0.39, 0.29) is 140 Å². The summed E-state index contributed by atoms with van der Waals surface area (Å²) < 4.78 is 91.4. The number of imidazole rings is 4. The van der Waals surface area contributed by atoms with Crippen molar-refractivity contribution in [3.63, 3.8) is 0 Å². The molecule has 149 heavy (non-hydrogen) atoms. The summed E-state index contributed by atoms with van der Waals surface area (Å²) in [6.07, 6.45) is 41.7. The van der Waals surface area contributed by atoms with Gasteiger partial charge in [0.2, 0.25) is 0 Å². The maximum Gasteiger partial charge on any atom is 0.319 e. The number of anilines is 2. The maximum absolute atomic E-state index is 15.0. The normalized spacial score (nSPS) is 32.7. The Morgan fingerprint density at radius 2 is 0.638 bits per heavy atom. The summed E-state index contributed by atoms with van der Waals surface area (Å²) in [6.45, 7) is 3.14. The van der Waals surface area contributed by atoms with Crippen LogP contribution in [-0.4, -0.2) is 165 Å². The summed E-state index contributed by atoms with van der Waals surface area (Å²) in [7, 11) is -3.30. The van der Waals surface area contributed by atoms with Gasteiger partial charge < -0.3 is 81.2 Å². The van der Waals surface area contributed by atoms with Crippen LogP contribution in [0.4, 0.5) is 48.1 Å². The number of carbonyl (C=O) groups excluding carboxylic acids is 5. The molecule has 6 aromatic carbocycles. The van der Waals surface area contributed by atoms with Gasteiger partial charge in [-0.1, -0.05) is 67.1 Å². The van der Waals surface area contributed by atoms with Crippen molar-refractivity contribution in [1.82, 2.24) is 70.1 Å². The molecule has 10 aromatic rings. The number of urea groups is 4. The summed E-state index contributed by atoms with van der Waals surface area (Å²) >= 11 is 0. The highest BCUT2D eigenvalue weighted by Gasteiger charge is 2.64. The fourth-order valence-corrected chi connectivity index (χ4v) is 34.6. The van der Waals surface area contributed by atoms with E-state index < -0.39 is 34.3 Å². The monoisotopic (exact) mass is 2050 g/mol. The third-order valence-electron chi connectivity index (χ3n) is 40.0. The quantitative estimate of drug-likeness (QED) is 0.0237. The smallest absolute Gasteiger partial charge is 0.319 e. The van der Waals surface area contributed by atoms with E-state index in [2.05, 4.69) is 62.5 Å². The van der Waals surface area contributed by atoms with E-state index in [1.807, 2.05) is 66.8 Å². The number of hydrogen-bond acceptors (Lipinski definition) is 15. The minimum atomic E-state index is -3.30. The predicted octanol–water partition coefficient (Wildman–Crippen LogP) is 19.1. The van der Waals surface area contributed by atoms with E-state index in [1.54, 1.807) is 93.4 Å². The first-order valence-electron chi connectivity index (χ1n) is 55.0. The zero-order valence-electron chi connectivity index (χ0n) is 84.4. The van der Waals surface area contributed by atoms with E-state index >= 15 is 8.78 Å². The van der Waals surface area contributed by atoms with Crippen LogP contribution in [0.15, 0.2) is 176 Å². The highest BCUT2D eigenvalue weighted by atomic mass is 32.2. The van der Waals surface area contributed by atoms with Crippen molar-refractivity contribution in [1.29, 1.82) is 0 Å². The molecule has 18 saturated carbocycles. The molecular weight excluding hydrogens is 1910 g/mol. The highest BCUT2D eigenvalue weighted by Crippen LogP contribution is 2.68. The average Bonchev–Trinajstić information content (AvgIpc) is 1.68. The molecule has 16 unspecified atom stereocenters. The van der Waals surface area contributed by atoms with Gasteiger partial charge in [-0.05, 0) is 357 Å². The summed E-state index contributed by atoms with van der Waals surface area (Å²) in [5.74, 6) is 5.73. The van der Waals surface area contributed by atoms with Gasteiger partial charge in [0.25, 0.3) is 0 Å². The highest BCUT2D eigenvalue weighted by molar-refractivity contribution is 7.90. The van der Waals surface area contributed by atoms with Crippen LogP contribution in [0, 0.1) is 128 Å². The van der Waals surface area contributed by atoms with E-state index in [9.17, 15) is 61.6 Å². The Morgan fingerprint density at radius 1 is 0.369 bits per heavy atom. The Balaban J connectivity index is 0.000000103. The van der Waals surface area contributed by atoms with Gasteiger partial charge in [-0.3, -0.25) is 4.79 Å². The summed E-state index contributed by atoms with van der Waals surface area (Å²) in [4.78, 5) is 79.9. The number of aromatic nitrogens is 8. The molecule has 4 aromatic heterocycles. The number of carbonyl (C=O) groups is 5. The van der Waals surface area contributed by atoms with Crippen molar-refractivity contribution in [3.8, 4) is 45.0 Å². The molecule has 27 nitrogen and oxygen atoms in total. The number of nitrogens with zero attached hydrogens (tertiary/aromatic N) is 8. The van der Waals surface area contributed by atoms with Crippen molar-refractivity contribution >= 4 is 51.1 Å². The number of halogens is 4. The summed E-state index contributed by atoms with van der Waals surface area (Å²) in [6, 6.07) is 33.3. The number of fused-ring (bicyclic) bond motifs is 12. The molecule has 12 N–H and O–H groups in total. The number of aliphatic hydroxyl groups is 4. The Labute approximate surface area is 865 Å². The van der Waals surface area contributed by atoms with Crippen molar-refractivity contribution in [2.45, 2.75) is 277 Å². The lowest BCUT2D eigenvalue weighted by molar-refractivity contribution is -0.135. The maximum atomic E-state index is 15.0. The SMILES string of the molecule is CC(=O)Cc1ccc(NC(=O)NC2C3CC4CC2CC(C(O)CC2c5c(F)cccc5-c5cncn52)(C4)C3)cc1.CS(=O)(=O)c1ccc(NC(=O)NC2C3CC4CC2CC(C(O)CC2c5c(F)cccc5-c5cncn52)(C4)C3)cc1.O=C(NCC1CC1)NC1C2CC3CC1CC(C(O)CC1c4c(F)cccc4-c4cncn41)(C3)C2.O=C(NCC1CCC1)NC1C2CC3CC1CC(C(O)CC1c4c(F)cccc4-c4cncn41)(C3)C2. The lowest BCUT2D eigenvalue weighted by Crippen LogP contribution is -2.62. The van der Waals surface area contributed by atoms with Gasteiger partial charge in [-0.15, -0.1) is 0 Å². The van der Waals surface area contributed by atoms with Crippen LogP contribution in [0.25, 0.3) is 45.0 Å². The van der Waals surface area contributed by atoms with Crippen molar-refractivity contribution in [2.24, 2.45) is 105 Å². The van der Waals surface area contributed by atoms with E-state index in [0.29, 0.717) is 137 Å². The van der Waals surface area contributed by atoms with Gasteiger partial charge in [0.05, 0.1) is 126 Å². The number of ketones is 1. The van der Waals surface area contributed by atoms with Gasteiger partial charge >= 0.3 is 24.1 Å². The third kappa shape index (κ3) is 18.1. The largest absolute Gasteiger partial charge is 0.392 e. The minimum Gasteiger partial charge on any atom is -0.392 e. The zero-order chi connectivity index (χ0) is 102. The van der Waals surface area contributed by atoms with E-state index in [4.69, 9.17) is 0 Å². The second-order valence-electron chi connectivity index (χ2n) is 49.1. The first-order valence-corrected chi connectivity index (χ1v) is 56.9. The zero-order valence-corrected chi connectivity index (χ0v) is 85.3. The predicted molar refractivity (Wildman–Crippen MR) is 552 cm³/mol. The fourth-order valence-electron chi connectivity index (χ4n) is 34.0. The molecule has 8 heterocycles. The molecular formula is C117H136F4N16O11S. The topological polar surface area (TPSA) is 368 Å². The fraction of sp³-hybridized carbons (Fsp3) is 0.547. The molecule has 32 rings (SSSR count).